The molecule has 2 aromatic heterocycles. The molecule has 29 heavy (non-hydrogen) atoms. The highest BCUT2D eigenvalue weighted by molar-refractivity contribution is 5.76. The average Bonchev–Trinajstić information content (AvgIpc) is 3.06. The number of piperidine rings is 1. The van der Waals surface area contributed by atoms with Gasteiger partial charge in [-0.15, -0.1) is 13.2 Å². The number of anilines is 2. The molecule has 0 unspecified atom stereocenters. The van der Waals surface area contributed by atoms with Gasteiger partial charge in [-0.1, -0.05) is 6.07 Å². The maximum Gasteiger partial charge on any atom is 0.573 e. The second-order valence-electron chi connectivity index (χ2n) is 7.06. The Labute approximate surface area is 165 Å². The lowest BCUT2D eigenvalue weighted by molar-refractivity contribution is -0.274. The van der Waals surface area contributed by atoms with Crippen molar-refractivity contribution < 1.29 is 17.9 Å². The van der Waals surface area contributed by atoms with Gasteiger partial charge >= 0.3 is 6.36 Å². The molecule has 10 heteroatoms. The molecule has 1 saturated heterocycles. The average molecular weight is 406 g/mol. The quantitative estimate of drug-likeness (QED) is 0.677. The van der Waals surface area contributed by atoms with Crippen molar-refractivity contribution >= 4 is 17.0 Å². The number of hydrogen-bond acceptors (Lipinski definition) is 6. The maximum absolute atomic E-state index is 12.5. The Bertz CT molecular complexity index is 981. The molecule has 0 saturated carbocycles. The van der Waals surface area contributed by atoms with Gasteiger partial charge in [0.2, 0.25) is 0 Å². The molecule has 1 aliphatic rings. The molecule has 1 aliphatic heterocycles. The van der Waals surface area contributed by atoms with Crippen molar-refractivity contribution in [1.29, 1.82) is 0 Å². The first kappa shape index (κ1) is 19.5. The number of nitrogens with zero attached hydrogens (tertiary/aromatic N) is 4. The lowest BCUT2D eigenvalue weighted by atomic mass is 10.1. The number of ether oxygens (including phenoxy) is 1. The molecule has 1 fully saturated rings. The molecular weight excluding hydrogens is 385 g/mol. The number of nitrogens with one attached hydrogen (secondary N) is 1. The minimum Gasteiger partial charge on any atom is -0.406 e. The van der Waals surface area contributed by atoms with Gasteiger partial charge in [-0.2, -0.15) is 5.10 Å². The summed E-state index contributed by atoms with van der Waals surface area (Å²) < 4.78 is 43.2. The van der Waals surface area contributed by atoms with Crippen LogP contribution in [0.4, 0.5) is 24.7 Å². The molecule has 4 rings (SSSR count). The monoisotopic (exact) mass is 406 g/mol. The van der Waals surface area contributed by atoms with E-state index < -0.39 is 6.36 Å². The fourth-order valence-corrected chi connectivity index (χ4v) is 3.50. The van der Waals surface area contributed by atoms with Gasteiger partial charge in [0.15, 0.2) is 5.82 Å². The summed E-state index contributed by atoms with van der Waals surface area (Å²) in [5.41, 5.74) is 8.23. The number of aromatic nitrogens is 3. The third kappa shape index (κ3) is 4.77. The summed E-state index contributed by atoms with van der Waals surface area (Å²) in [5, 5.41) is 7.31. The van der Waals surface area contributed by atoms with Crippen molar-refractivity contribution in [3.05, 3.63) is 48.4 Å². The molecule has 0 aliphatic carbocycles. The van der Waals surface area contributed by atoms with Crippen LogP contribution in [-0.4, -0.2) is 45.0 Å². The van der Waals surface area contributed by atoms with Gasteiger partial charge in [0.05, 0.1) is 0 Å². The van der Waals surface area contributed by atoms with Crippen LogP contribution in [0.25, 0.3) is 5.52 Å². The first-order chi connectivity index (χ1) is 13.9. The van der Waals surface area contributed by atoms with E-state index in [1.165, 1.54) is 24.5 Å². The van der Waals surface area contributed by atoms with Crippen LogP contribution in [0.3, 0.4) is 0 Å². The summed E-state index contributed by atoms with van der Waals surface area (Å²) >= 11 is 0. The standard InChI is InChI=1S/C19H21F3N6O/c20-19(21,22)29-16-3-1-2-15(10-16)26-18-17-13(4-9-28(17)25-12-24-18)11-27-7-5-14(23)6-8-27/h1-4,9-10,12,14H,5-8,11,23H2,(H,24,25,26). The second-order valence-corrected chi connectivity index (χ2v) is 7.06. The Morgan fingerprint density at radius 1 is 1.21 bits per heavy atom. The van der Waals surface area contributed by atoms with Crippen molar-refractivity contribution in [3.8, 4) is 5.75 Å². The van der Waals surface area contributed by atoms with Gasteiger partial charge in [0.1, 0.15) is 17.6 Å². The largest absolute Gasteiger partial charge is 0.573 e. The summed E-state index contributed by atoms with van der Waals surface area (Å²) in [6, 6.07) is 7.89. The molecule has 3 aromatic rings. The molecule has 0 spiro atoms. The predicted octanol–water partition coefficient (Wildman–Crippen LogP) is 3.29. The number of hydrogen-bond donors (Lipinski definition) is 2. The van der Waals surface area contributed by atoms with Crippen LogP contribution < -0.4 is 15.8 Å². The lowest BCUT2D eigenvalue weighted by Crippen LogP contribution is -2.39. The molecule has 0 amide bonds. The predicted molar refractivity (Wildman–Crippen MR) is 102 cm³/mol. The van der Waals surface area contributed by atoms with E-state index in [9.17, 15) is 13.2 Å². The van der Waals surface area contributed by atoms with Gasteiger partial charge in [-0.05, 0) is 49.7 Å². The Balaban J connectivity index is 1.58. The first-order valence-corrected chi connectivity index (χ1v) is 9.29. The Morgan fingerprint density at radius 2 is 2.00 bits per heavy atom. The number of halogens is 3. The van der Waals surface area contributed by atoms with Crippen LogP contribution in [0.2, 0.25) is 0 Å². The molecular formula is C19H21F3N6O. The zero-order valence-electron chi connectivity index (χ0n) is 15.6. The van der Waals surface area contributed by atoms with Gasteiger partial charge in [-0.3, -0.25) is 4.90 Å². The van der Waals surface area contributed by atoms with Crippen LogP contribution in [0, 0.1) is 0 Å². The fraction of sp³-hybridized carbons (Fsp3) is 0.368. The number of nitrogens with two attached hydrogens (primary N) is 1. The highest BCUT2D eigenvalue weighted by Crippen LogP contribution is 2.28. The Hall–Kier alpha value is -2.85. The van der Waals surface area contributed by atoms with E-state index in [4.69, 9.17) is 5.73 Å². The number of fused-ring (bicyclic) bond motifs is 1. The smallest absolute Gasteiger partial charge is 0.406 e. The third-order valence-corrected chi connectivity index (χ3v) is 4.89. The van der Waals surface area contributed by atoms with E-state index in [0.717, 1.165) is 43.6 Å². The van der Waals surface area contributed by atoms with Gasteiger partial charge in [0.25, 0.3) is 0 Å². The zero-order valence-corrected chi connectivity index (χ0v) is 15.6. The summed E-state index contributed by atoms with van der Waals surface area (Å²) in [6.45, 7) is 2.57. The Kier molecular flexibility index (Phi) is 5.29. The van der Waals surface area contributed by atoms with E-state index in [0.29, 0.717) is 11.5 Å². The van der Waals surface area contributed by atoms with Crippen molar-refractivity contribution in [2.75, 3.05) is 18.4 Å². The minimum atomic E-state index is -4.74. The molecule has 3 heterocycles. The summed E-state index contributed by atoms with van der Waals surface area (Å²) in [6.07, 6.45) is 0.413. The number of rotatable bonds is 5. The van der Waals surface area contributed by atoms with Gasteiger partial charge in [-0.25, -0.2) is 9.50 Å². The maximum atomic E-state index is 12.5. The highest BCUT2D eigenvalue weighted by Gasteiger charge is 2.31. The minimum absolute atomic E-state index is 0.254. The number of benzene rings is 1. The summed E-state index contributed by atoms with van der Waals surface area (Å²) in [4.78, 5) is 6.63. The van der Waals surface area contributed by atoms with Crippen LogP contribution in [0.15, 0.2) is 42.9 Å². The topological polar surface area (TPSA) is 80.7 Å². The van der Waals surface area contributed by atoms with Crippen molar-refractivity contribution in [2.24, 2.45) is 5.73 Å². The van der Waals surface area contributed by atoms with Crippen molar-refractivity contribution in [1.82, 2.24) is 19.5 Å². The normalized spacial score (nSPS) is 16.3. The highest BCUT2D eigenvalue weighted by atomic mass is 19.4. The third-order valence-electron chi connectivity index (χ3n) is 4.89. The van der Waals surface area contributed by atoms with Crippen LogP contribution in [0.1, 0.15) is 18.4 Å². The summed E-state index contributed by atoms with van der Waals surface area (Å²) in [5.74, 6) is 0.214. The van der Waals surface area contributed by atoms with E-state index in [-0.39, 0.29) is 11.8 Å². The van der Waals surface area contributed by atoms with Crippen molar-refractivity contribution in [2.45, 2.75) is 31.8 Å². The SMILES string of the molecule is NC1CCN(Cc2ccn3ncnc(Nc4cccc(OC(F)(F)F)c4)c23)CC1. The lowest BCUT2D eigenvalue weighted by Gasteiger charge is -2.29. The second kappa shape index (κ2) is 7.88. The molecule has 3 N–H and O–H groups in total. The van der Waals surface area contributed by atoms with Gasteiger partial charge in [0, 0.05) is 30.5 Å². The molecule has 7 nitrogen and oxygen atoms in total. The molecule has 0 atom stereocenters. The molecule has 0 bridgehead atoms. The molecule has 1 aromatic carbocycles. The number of alkyl halides is 3. The first-order valence-electron chi connectivity index (χ1n) is 9.29. The fourth-order valence-electron chi connectivity index (χ4n) is 3.50. The zero-order chi connectivity index (χ0) is 20.4. The molecule has 154 valence electrons. The molecule has 0 radical (unpaired) electrons. The van der Waals surface area contributed by atoms with E-state index in [1.54, 1.807) is 10.6 Å². The van der Waals surface area contributed by atoms with E-state index in [1.807, 2.05) is 12.3 Å². The van der Waals surface area contributed by atoms with Crippen LogP contribution >= 0.6 is 0 Å². The van der Waals surface area contributed by atoms with E-state index >= 15 is 0 Å². The Morgan fingerprint density at radius 3 is 2.76 bits per heavy atom. The van der Waals surface area contributed by atoms with Crippen LogP contribution in [-0.2, 0) is 6.54 Å². The summed E-state index contributed by atoms with van der Waals surface area (Å²) in [7, 11) is 0. The van der Waals surface area contributed by atoms with Gasteiger partial charge < -0.3 is 15.8 Å². The number of likely N-dealkylation sites (tertiary alicyclic amines) is 1. The van der Waals surface area contributed by atoms with E-state index in [2.05, 4.69) is 25.0 Å². The van der Waals surface area contributed by atoms with Crippen LogP contribution in [0.5, 0.6) is 5.75 Å². The van der Waals surface area contributed by atoms with Crippen molar-refractivity contribution in [3.63, 3.8) is 0 Å².